The van der Waals surface area contributed by atoms with Crippen molar-refractivity contribution in [3.05, 3.63) is 100 Å². The van der Waals surface area contributed by atoms with Crippen molar-refractivity contribution in [1.82, 2.24) is 5.32 Å². The predicted octanol–water partition coefficient (Wildman–Crippen LogP) is 5.46. The molecular weight excluding hydrogens is 432 g/mol. The zero-order chi connectivity index (χ0) is 24.2. The number of hydrogen-bond donors (Lipinski definition) is 1. The molecule has 174 valence electrons. The van der Waals surface area contributed by atoms with Crippen LogP contribution in [0.2, 0.25) is 0 Å². The van der Waals surface area contributed by atoms with Gasteiger partial charge in [-0.2, -0.15) is 0 Å². The normalized spacial score (nSPS) is 12.3. The summed E-state index contributed by atoms with van der Waals surface area (Å²) in [6, 6.07) is 20.9. The topological polar surface area (TPSA) is 66.5 Å². The molecule has 3 aromatic carbocycles. The summed E-state index contributed by atoms with van der Waals surface area (Å²) in [6.07, 6.45) is 2.00. The standard InChI is InChI=1S/C27H32N2O3S/c1-6-25(24-10-8-7-9-20(24)3)28-27(30)23-15-13-22(14-16-23)18-29(33(5,31)32)26-17-19(2)11-12-21(26)4/h7-17,25H,6,18H2,1-5H3,(H,28,30). The molecule has 5 nitrogen and oxygen atoms in total. The van der Waals surface area contributed by atoms with E-state index in [1.54, 1.807) is 12.1 Å². The lowest BCUT2D eigenvalue weighted by molar-refractivity contribution is 0.0935. The third-order valence-electron chi connectivity index (χ3n) is 5.85. The highest BCUT2D eigenvalue weighted by Crippen LogP contribution is 2.26. The van der Waals surface area contributed by atoms with Crippen LogP contribution in [0.5, 0.6) is 0 Å². The second-order valence-electron chi connectivity index (χ2n) is 8.55. The van der Waals surface area contributed by atoms with Gasteiger partial charge in [0.25, 0.3) is 5.91 Å². The van der Waals surface area contributed by atoms with Crippen molar-refractivity contribution in [3.8, 4) is 0 Å². The van der Waals surface area contributed by atoms with E-state index >= 15 is 0 Å². The van der Waals surface area contributed by atoms with Gasteiger partial charge < -0.3 is 5.32 Å². The number of carbonyl (C=O) groups excluding carboxylic acids is 1. The lowest BCUT2D eigenvalue weighted by atomic mass is 9.99. The van der Waals surface area contributed by atoms with Gasteiger partial charge in [-0.1, -0.05) is 55.5 Å². The zero-order valence-electron chi connectivity index (χ0n) is 19.9. The Labute approximate surface area is 197 Å². The molecule has 3 rings (SSSR count). The van der Waals surface area contributed by atoms with E-state index in [1.165, 1.54) is 10.6 Å². The molecule has 33 heavy (non-hydrogen) atoms. The fraction of sp³-hybridized carbons (Fsp3) is 0.296. The van der Waals surface area contributed by atoms with Crippen LogP contribution in [0.3, 0.4) is 0 Å². The maximum absolute atomic E-state index is 12.9. The summed E-state index contributed by atoms with van der Waals surface area (Å²) in [7, 11) is -3.48. The monoisotopic (exact) mass is 464 g/mol. The smallest absolute Gasteiger partial charge is 0.251 e. The number of rotatable bonds is 8. The molecule has 0 aliphatic heterocycles. The summed E-state index contributed by atoms with van der Waals surface area (Å²) in [5.41, 5.74) is 6.17. The number of anilines is 1. The molecule has 0 aliphatic carbocycles. The van der Waals surface area contributed by atoms with Crippen molar-refractivity contribution < 1.29 is 13.2 Å². The van der Waals surface area contributed by atoms with Crippen LogP contribution in [0.4, 0.5) is 5.69 Å². The average molecular weight is 465 g/mol. The summed E-state index contributed by atoms with van der Waals surface area (Å²) < 4.78 is 26.5. The Morgan fingerprint density at radius 3 is 2.21 bits per heavy atom. The van der Waals surface area contributed by atoms with Crippen LogP contribution < -0.4 is 9.62 Å². The quantitative estimate of drug-likeness (QED) is 0.481. The summed E-state index contributed by atoms with van der Waals surface area (Å²) >= 11 is 0. The highest BCUT2D eigenvalue weighted by atomic mass is 32.2. The van der Waals surface area contributed by atoms with Crippen LogP contribution in [-0.2, 0) is 16.6 Å². The molecule has 0 saturated heterocycles. The minimum atomic E-state index is -3.48. The van der Waals surface area contributed by atoms with E-state index in [4.69, 9.17) is 0 Å². The van der Waals surface area contributed by atoms with E-state index in [0.717, 1.165) is 34.2 Å². The Bertz CT molecular complexity index is 1230. The van der Waals surface area contributed by atoms with E-state index in [9.17, 15) is 13.2 Å². The Hall–Kier alpha value is -3.12. The first-order valence-electron chi connectivity index (χ1n) is 11.1. The van der Waals surface area contributed by atoms with Gasteiger partial charge in [-0.25, -0.2) is 8.42 Å². The minimum Gasteiger partial charge on any atom is -0.345 e. The van der Waals surface area contributed by atoms with Gasteiger partial charge in [0.15, 0.2) is 0 Å². The summed E-state index contributed by atoms with van der Waals surface area (Å²) in [5, 5.41) is 3.12. The van der Waals surface area contributed by atoms with Gasteiger partial charge in [0.05, 0.1) is 24.5 Å². The molecule has 0 radical (unpaired) electrons. The number of hydrogen-bond acceptors (Lipinski definition) is 3. The third kappa shape index (κ3) is 6.02. The number of sulfonamides is 1. The molecule has 0 saturated carbocycles. The van der Waals surface area contributed by atoms with Crippen molar-refractivity contribution >= 4 is 21.6 Å². The first kappa shape index (κ1) is 24.5. The van der Waals surface area contributed by atoms with Crippen molar-refractivity contribution in [2.45, 2.75) is 46.7 Å². The molecule has 1 unspecified atom stereocenters. The van der Waals surface area contributed by atoms with Crippen LogP contribution in [0.25, 0.3) is 0 Å². The van der Waals surface area contributed by atoms with Crippen LogP contribution in [-0.4, -0.2) is 20.6 Å². The Kier molecular flexibility index (Phi) is 7.59. The van der Waals surface area contributed by atoms with Gasteiger partial charge in [0.2, 0.25) is 10.0 Å². The Morgan fingerprint density at radius 2 is 1.61 bits per heavy atom. The maximum atomic E-state index is 12.9. The number of benzene rings is 3. The van der Waals surface area contributed by atoms with E-state index < -0.39 is 10.0 Å². The average Bonchev–Trinajstić information content (AvgIpc) is 2.77. The molecule has 0 bridgehead atoms. The van der Waals surface area contributed by atoms with Crippen molar-refractivity contribution in [3.63, 3.8) is 0 Å². The number of nitrogens with zero attached hydrogens (tertiary/aromatic N) is 1. The Morgan fingerprint density at radius 1 is 0.939 bits per heavy atom. The summed E-state index contributed by atoms with van der Waals surface area (Å²) in [6.45, 7) is 8.14. The molecule has 1 amide bonds. The fourth-order valence-electron chi connectivity index (χ4n) is 3.92. The SMILES string of the molecule is CCC(NC(=O)c1ccc(CN(c2cc(C)ccc2C)S(C)(=O)=O)cc1)c1ccccc1C. The molecule has 0 aliphatic rings. The molecule has 1 N–H and O–H groups in total. The van der Waals surface area contributed by atoms with Gasteiger partial charge >= 0.3 is 0 Å². The first-order valence-corrected chi connectivity index (χ1v) is 12.9. The van der Waals surface area contributed by atoms with Crippen LogP contribution in [0.1, 0.15) is 57.6 Å². The number of nitrogens with one attached hydrogen (secondary N) is 1. The van der Waals surface area contributed by atoms with Crippen molar-refractivity contribution in [2.24, 2.45) is 0 Å². The number of amides is 1. The molecule has 0 heterocycles. The van der Waals surface area contributed by atoms with E-state index in [-0.39, 0.29) is 18.5 Å². The van der Waals surface area contributed by atoms with E-state index in [2.05, 4.69) is 5.32 Å². The third-order valence-corrected chi connectivity index (χ3v) is 6.98. The van der Waals surface area contributed by atoms with E-state index in [0.29, 0.717) is 11.3 Å². The second-order valence-corrected chi connectivity index (χ2v) is 10.5. The van der Waals surface area contributed by atoms with Gasteiger partial charge in [-0.15, -0.1) is 0 Å². The molecule has 6 heteroatoms. The fourth-order valence-corrected chi connectivity index (χ4v) is 4.85. The summed E-state index contributed by atoms with van der Waals surface area (Å²) in [5.74, 6) is -0.147. The van der Waals surface area contributed by atoms with Gasteiger partial charge in [0.1, 0.15) is 0 Å². The molecular formula is C27H32N2O3S. The highest BCUT2D eigenvalue weighted by molar-refractivity contribution is 7.92. The largest absolute Gasteiger partial charge is 0.345 e. The summed E-state index contributed by atoms with van der Waals surface area (Å²) in [4.78, 5) is 12.9. The van der Waals surface area contributed by atoms with Crippen LogP contribution >= 0.6 is 0 Å². The first-order chi connectivity index (χ1) is 15.6. The molecule has 0 aromatic heterocycles. The van der Waals surface area contributed by atoms with Crippen LogP contribution in [0.15, 0.2) is 66.7 Å². The highest BCUT2D eigenvalue weighted by Gasteiger charge is 2.20. The minimum absolute atomic E-state index is 0.0663. The van der Waals surface area contributed by atoms with Crippen LogP contribution in [0, 0.1) is 20.8 Å². The number of aryl methyl sites for hydroxylation is 3. The van der Waals surface area contributed by atoms with Gasteiger partial charge in [-0.3, -0.25) is 9.10 Å². The van der Waals surface area contributed by atoms with Gasteiger partial charge in [-0.05, 0) is 73.2 Å². The predicted molar refractivity (Wildman–Crippen MR) is 135 cm³/mol. The molecule has 0 spiro atoms. The van der Waals surface area contributed by atoms with E-state index in [1.807, 2.05) is 82.3 Å². The van der Waals surface area contributed by atoms with Crippen molar-refractivity contribution in [2.75, 3.05) is 10.6 Å². The number of carbonyl (C=O) groups is 1. The lowest BCUT2D eigenvalue weighted by Gasteiger charge is -2.25. The molecule has 0 fully saturated rings. The lowest BCUT2D eigenvalue weighted by Crippen LogP contribution is -2.30. The van der Waals surface area contributed by atoms with Crippen molar-refractivity contribution in [1.29, 1.82) is 0 Å². The van der Waals surface area contributed by atoms with Gasteiger partial charge in [0, 0.05) is 5.56 Å². The zero-order valence-corrected chi connectivity index (χ0v) is 20.7. The maximum Gasteiger partial charge on any atom is 0.251 e. The Balaban J connectivity index is 1.79. The molecule has 1 atom stereocenters. The molecule has 3 aromatic rings. The second kappa shape index (κ2) is 10.2.